The average molecular weight is 307 g/mol. The van der Waals surface area contributed by atoms with E-state index in [4.69, 9.17) is 0 Å². The van der Waals surface area contributed by atoms with Crippen LogP contribution in [0.15, 0.2) is 0 Å². The number of carbonyl (C=O) groups is 1. The quantitative estimate of drug-likeness (QED) is 0.868. The molecule has 0 aromatic carbocycles. The van der Waals surface area contributed by atoms with Gasteiger partial charge in [-0.1, -0.05) is 27.7 Å². The first-order valence-corrected chi connectivity index (χ1v) is 8.38. The highest BCUT2D eigenvalue weighted by atomic mass is 16.2. The maximum absolute atomic E-state index is 13.0. The molecule has 1 aliphatic rings. The van der Waals surface area contributed by atoms with Crippen LogP contribution in [0.5, 0.6) is 0 Å². The lowest BCUT2D eigenvalue weighted by molar-refractivity contribution is -0.136. The van der Waals surface area contributed by atoms with E-state index in [9.17, 15) is 10.1 Å². The van der Waals surface area contributed by atoms with Crippen LogP contribution in [-0.2, 0) is 4.79 Å². The molecule has 126 valence electrons. The molecule has 0 saturated carbocycles. The van der Waals surface area contributed by atoms with Crippen molar-refractivity contribution in [1.29, 1.82) is 5.26 Å². The van der Waals surface area contributed by atoms with Gasteiger partial charge in [-0.2, -0.15) is 5.26 Å². The van der Waals surface area contributed by atoms with Crippen LogP contribution in [0, 0.1) is 28.6 Å². The Kier molecular flexibility index (Phi) is 6.03. The lowest BCUT2D eigenvalue weighted by Crippen LogP contribution is -2.47. The Balaban J connectivity index is 2.85. The Hall–Kier alpha value is -1.08. The summed E-state index contributed by atoms with van der Waals surface area (Å²) in [6.07, 6.45) is 1.63. The van der Waals surface area contributed by atoms with Crippen molar-refractivity contribution in [3.05, 3.63) is 0 Å². The van der Waals surface area contributed by atoms with Gasteiger partial charge in [0.15, 0.2) is 0 Å². The van der Waals surface area contributed by atoms with Gasteiger partial charge in [0.2, 0.25) is 5.91 Å². The molecule has 4 nitrogen and oxygen atoms in total. The van der Waals surface area contributed by atoms with Crippen molar-refractivity contribution in [2.24, 2.45) is 17.3 Å². The van der Waals surface area contributed by atoms with E-state index >= 15 is 0 Å². The molecule has 0 bridgehead atoms. The third-order valence-electron chi connectivity index (χ3n) is 4.03. The number of nitriles is 1. The van der Waals surface area contributed by atoms with E-state index < -0.39 is 0 Å². The normalized spacial score (nSPS) is 24.2. The number of amides is 1. The predicted molar refractivity (Wildman–Crippen MR) is 90.2 cm³/mol. The van der Waals surface area contributed by atoms with Gasteiger partial charge in [0.1, 0.15) is 6.04 Å². The van der Waals surface area contributed by atoms with Gasteiger partial charge in [-0.3, -0.25) is 4.79 Å². The van der Waals surface area contributed by atoms with Crippen LogP contribution in [-0.4, -0.2) is 35.5 Å². The predicted octanol–water partition coefficient (Wildman–Crippen LogP) is 3.19. The van der Waals surface area contributed by atoms with Crippen LogP contribution in [0.1, 0.15) is 61.3 Å². The molecule has 1 amide bonds. The number of nitrogens with one attached hydrogen (secondary N) is 1. The minimum Gasteiger partial charge on any atom is -0.326 e. The van der Waals surface area contributed by atoms with Crippen LogP contribution in [0.4, 0.5) is 0 Å². The minimum atomic E-state index is -0.250. The molecule has 1 heterocycles. The Labute approximate surface area is 136 Å². The van der Waals surface area contributed by atoms with Gasteiger partial charge in [-0.05, 0) is 44.9 Å². The van der Waals surface area contributed by atoms with Crippen LogP contribution in [0.2, 0.25) is 0 Å². The Morgan fingerprint density at radius 3 is 2.36 bits per heavy atom. The highest BCUT2D eigenvalue weighted by Gasteiger charge is 2.37. The summed E-state index contributed by atoms with van der Waals surface area (Å²) in [4.78, 5) is 14.8. The van der Waals surface area contributed by atoms with E-state index in [2.05, 4.69) is 59.9 Å². The number of nitrogens with zero attached hydrogens (tertiary/aromatic N) is 2. The van der Waals surface area contributed by atoms with Crippen LogP contribution in [0.25, 0.3) is 0 Å². The fourth-order valence-corrected chi connectivity index (χ4v) is 3.06. The van der Waals surface area contributed by atoms with Crippen molar-refractivity contribution >= 4 is 5.91 Å². The fraction of sp³-hybridized carbons (Fsp3) is 0.889. The molecule has 0 radical (unpaired) electrons. The summed E-state index contributed by atoms with van der Waals surface area (Å²) in [7, 11) is 0. The largest absolute Gasteiger partial charge is 0.326 e. The van der Waals surface area contributed by atoms with Gasteiger partial charge in [-0.15, -0.1) is 0 Å². The first kappa shape index (κ1) is 19.0. The topological polar surface area (TPSA) is 56.1 Å². The van der Waals surface area contributed by atoms with E-state index in [0.29, 0.717) is 19.0 Å². The molecule has 22 heavy (non-hydrogen) atoms. The molecule has 1 fully saturated rings. The van der Waals surface area contributed by atoms with Gasteiger partial charge in [0.05, 0.1) is 12.0 Å². The van der Waals surface area contributed by atoms with E-state index in [1.807, 2.05) is 4.90 Å². The number of hydrogen-bond donors (Lipinski definition) is 1. The standard InChI is InChI=1S/C18H33N3O/c1-13-8-15(10-19)21(12-13)16(22)14(9-17(2,3)4)11-20-18(5,6)7/h13-15,20H,8-9,11-12H2,1-7H3/t13?,14-,15?/m1/s1. The van der Waals surface area contributed by atoms with Gasteiger partial charge in [-0.25, -0.2) is 0 Å². The zero-order valence-corrected chi connectivity index (χ0v) is 15.4. The zero-order valence-electron chi connectivity index (χ0n) is 15.4. The fourth-order valence-electron chi connectivity index (χ4n) is 3.06. The van der Waals surface area contributed by atoms with Crippen molar-refractivity contribution in [2.45, 2.75) is 72.9 Å². The second-order valence-corrected chi connectivity index (χ2v) is 9.07. The average Bonchev–Trinajstić information content (AvgIpc) is 2.72. The molecule has 2 unspecified atom stereocenters. The highest BCUT2D eigenvalue weighted by molar-refractivity contribution is 5.80. The number of likely N-dealkylation sites (tertiary alicyclic amines) is 1. The van der Waals surface area contributed by atoms with Crippen molar-refractivity contribution in [3.63, 3.8) is 0 Å². The highest BCUT2D eigenvalue weighted by Crippen LogP contribution is 2.29. The summed E-state index contributed by atoms with van der Waals surface area (Å²) in [5.74, 6) is 0.488. The Morgan fingerprint density at radius 2 is 1.91 bits per heavy atom. The molecule has 4 heteroatoms. The van der Waals surface area contributed by atoms with Crippen LogP contribution < -0.4 is 5.32 Å². The van der Waals surface area contributed by atoms with Gasteiger partial charge < -0.3 is 10.2 Å². The number of hydrogen-bond acceptors (Lipinski definition) is 3. The second-order valence-electron chi connectivity index (χ2n) is 9.07. The molecule has 0 aromatic heterocycles. The Bertz CT molecular complexity index is 425. The maximum atomic E-state index is 13.0. The molecule has 1 rings (SSSR count). The molecule has 3 atom stereocenters. The van der Waals surface area contributed by atoms with Crippen LogP contribution in [0.3, 0.4) is 0 Å². The first-order valence-electron chi connectivity index (χ1n) is 8.38. The first-order chi connectivity index (χ1) is 9.93. The lowest BCUT2D eigenvalue weighted by Gasteiger charge is -2.32. The molecule has 1 N–H and O–H groups in total. The summed E-state index contributed by atoms with van der Waals surface area (Å²) >= 11 is 0. The molecule has 0 spiro atoms. The summed E-state index contributed by atoms with van der Waals surface area (Å²) in [6.45, 7) is 16.3. The second kappa shape index (κ2) is 7.00. The third-order valence-corrected chi connectivity index (χ3v) is 4.03. The van der Waals surface area contributed by atoms with Crippen molar-refractivity contribution < 1.29 is 4.79 Å². The van der Waals surface area contributed by atoms with E-state index in [1.54, 1.807) is 0 Å². The summed E-state index contributed by atoms with van der Waals surface area (Å²) in [5.41, 5.74) is 0.0801. The Morgan fingerprint density at radius 1 is 1.32 bits per heavy atom. The minimum absolute atomic E-state index is 0.0106. The van der Waals surface area contributed by atoms with Crippen molar-refractivity contribution in [3.8, 4) is 6.07 Å². The smallest absolute Gasteiger partial charge is 0.228 e. The SMILES string of the molecule is CC1CC(C#N)N(C(=O)[C@@H](CNC(C)(C)C)CC(C)(C)C)C1. The summed E-state index contributed by atoms with van der Waals surface area (Å²) in [6, 6.07) is 2.05. The van der Waals surface area contributed by atoms with E-state index in [-0.39, 0.29) is 28.8 Å². The maximum Gasteiger partial charge on any atom is 0.228 e. The molecule has 0 aromatic rings. The van der Waals surface area contributed by atoms with Crippen molar-refractivity contribution in [1.82, 2.24) is 10.2 Å². The number of carbonyl (C=O) groups excluding carboxylic acids is 1. The summed E-state index contributed by atoms with van der Waals surface area (Å²) < 4.78 is 0. The molecular weight excluding hydrogens is 274 g/mol. The van der Waals surface area contributed by atoms with Gasteiger partial charge in [0.25, 0.3) is 0 Å². The third kappa shape index (κ3) is 5.96. The van der Waals surface area contributed by atoms with E-state index in [0.717, 1.165) is 12.8 Å². The monoisotopic (exact) mass is 307 g/mol. The summed E-state index contributed by atoms with van der Waals surface area (Å²) in [5, 5.41) is 12.8. The van der Waals surface area contributed by atoms with E-state index in [1.165, 1.54) is 0 Å². The van der Waals surface area contributed by atoms with Gasteiger partial charge >= 0.3 is 0 Å². The number of rotatable bonds is 4. The molecule has 1 aliphatic heterocycles. The van der Waals surface area contributed by atoms with Crippen LogP contribution >= 0.6 is 0 Å². The molecule has 1 saturated heterocycles. The van der Waals surface area contributed by atoms with Crippen molar-refractivity contribution in [2.75, 3.05) is 13.1 Å². The lowest BCUT2D eigenvalue weighted by atomic mass is 9.83. The molecular formula is C18H33N3O. The van der Waals surface area contributed by atoms with Gasteiger partial charge in [0, 0.05) is 18.6 Å². The zero-order chi connectivity index (χ0) is 17.1. The molecule has 0 aliphatic carbocycles.